The fourth-order valence-electron chi connectivity index (χ4n) is 2.19. The molecule has 2 aromatic rings. The minimum atomic E-state index is 0. The Morgan fingerprint density at radius 3 is 2.68 bits per heavy atom. The van der Waals surface area contributed by atoms with Gasteiger partial charge in [-0.2, -0.15) is 0 Å². The number of guanidine groups is 1. The van der Waals surface area contributed by atoms with Crippen LogP contribution in [0.1, 0.15) is 11.3 Å². The second-order valence-electron chi connectivity index (χ2n) is 5.00. The summed E-state index contributed by atoms with van der Waals surface area (Å²) in [6.45, 7) is 1.57. The number of hydrogen-bond acceptors (Lipinski definition) is 1. The number of aliphatic imine (C=N–C) groups is 1. The van der Waals surface area contributed by atoms with Crippen molar-refractivity contribution < 1.29 is 0 Å². The smallest absolute Gasteiger partial charge is 0.194 e. The van der Waals surface area contributed by atoms with Gasteiger partial charge in [0.15, 0.2) is 5.96 Å². The van der Waals surface area contributed by atoms with Crippen LogP contribution in [0, 0.1) is 0 Å². The molecule has 4 nitrogen and oxygen atoms in total. The summed E-state index contributed by atoms with van der Waals surface area (Å²) in [4.78, 5) is 6.46. The molecule has 0 unspecified atom stereocenters. The highest BCUT2D eigenvalue weighted by Gasteiger charge is 2.08. The van der Waals surface area contributed by atoms with Gasteiger partial charge in [0.05, 0.1) is 6.54 Å². The molecule has 6 heteroatoms. The number of benzene rings is 1. The summed E-state index contributed by atoms with van der Waals surface area (Å²) >= 11 is 3.49. The summed E-state index contributed by atoms with van der Waals surface area (Å²) in [5.74, 6) is 0.885. The molecule has 0 aliphatic carbocycles. The summed E-state index contributed by atoms with van der Waals surface area (Å²) in [5.41, 5.74) is 2.47. The molecule has 0 amide bonds. The van der Waals surface area contributed by atoms with Crippen LogP contribution in [0.5, 0.6) is 0 Å². The Labute approximate surface area is 157 Å². The Hall–Kier alpha value is -1.02. The van der Waals surface area contributed by atoms with Crippen molar-refractivity contribution >= 4 is 45.9 Å². The van der Waals surface area contributed by atoms with Gasteiger partial charge in [-0.05, 0) is 29.8 Å². The third-order valence-corrected chi connectivity index (χ3v) is 3.86. The van der Waals surface area contributed by atoms with Crippen LogP contribution in [0.25, 0.3) is 0 Å². The lowest BCUT2D eigenvalue weighted by Gasteiger charge is -2.22. The maximum atomic E-state index is 4.35. The molecule has 2 rings (SSSR count). The van der Waals surface area contributed by atoms with E-state index in [2.05, 4.69) is 73.2 Å². The fourth-order valence-corrected chi connectivity index (χ4v) is 2.64. The van der Waals surface area contributed by atoms with Gasteiger partial charge in [0.25, 0.3) is 0 Å². The summed E-state index contributed by atoms with van der Waals surface area (Å²) in [6.07, 6.45) is 2.06. The van der Waals surface area contributed by atoms with Crippen LogP contribution in [-0.2, 0) is 20.1 Å². The third-order valence-electron chi connectivity index (χ3n) is 3.36. The summed E-state index contributed by atoms with van der Waals surface area (Å²) in [5, 5.41) is 3.39. The van der Waals surface area contributed by atoms with E-state index >= 15 is 0 Å². The molecule has 1 heterocycles. The van der Waals surface area contributed by atoms with Crippen LogP contribution >= 0.6 is 39.9 Å². The maximum absolute atomic E-state index is 4.35. The van der Waals surface area contributed by atoms with Crippen molar-refractivity contribution in [2.24, 2.45) is 12.0 Å². The first-order valence-electron chi connectivity index (χ1n) is 6.86. The summed E-state index contributed by atoms with van der Waals surface area (Å²) < 4.78 is 3.21. The average Bonchev–Trinajstić information content (AvgIpc) is 2.85. The van der Waals surface area contributed by atoms with E-state index in [1.807, 2.05) is 26.2 Å². The van der Waals surface area contributed by atoms with Crippen molar-refractivity contribution in [3.63, 3.8) is 0 Å². The monoisotopic (exact) mass is 476 g/mol. The predicted molar refractivity (Wildman–Crippen MR) is 107 cm³/mol. The number of nitrogens with one attached hydrogen (secondary N) is 1. The Morgan fingerprint density at radius 2 is 2.09 bits per heavy atom. The lowest BCUT2D eigenvalue weighted by Crippen LogP contribution is -2.38. The van der Waals surface area contributed by atoms with E-state index in [4.69, 9.17) is 0 Å². The van der Waals surface area contributed by atoms with E-state index in [1.54, 1.807) is 0 Å². The van der Waals surface area contributed by atoms with Crippen LogP contribution in [-0.4, -0.2) is 29.5 Å². The van der Waals surface area contributed by atoms with Gasteiger partial charge in [-0.15, -0.1) is 24.0 Å². The molecular formula is C16H22BrIN4. The number of halogens is 2. The molecule has 0 bridgehead atoms. The number of nitrogens with zero attached hydrogens (tertiary/aromatic N) is 3. The second kappa shape index (κ2) is 9.19. The number of aromatic nitrogens is 1. The molecule has 0 atom stereocenters. The van der Waals surface area contributed by atoms with E-state index in [-0.39, 0.29) is 24.0 Å². The minimum Gasteiger partial charge on any atom is -0.353 e. The average molecular weight is 477 g/mol. The highest BCUT2D eigenvalue weighted by atomic mass is 127. The topological polar surface area (TPSA) is 32.6 Å². The normalized spacial score (nSPS) is 11.0. The molecule has 120 valence electrons. The SMILES string of the molecule is CN=C(NCc1cccc(Br)c1)N(C)Cc1cccn1C.I. The van der Waals surface area contributed by atoms with Gasteiger partial charge in [-0.3, -0.25) is 4.99 Å². The zero-order chi connectivity index (χ0) is 15.2. The Morgan fingerprint density at radius 1 is 1.32 bits per heavy atom. The Bertz CT molecular complexity index is 624. The lowest BCUT2D eigenvalue weighted by atomic mass is 10.2. The van der Waals surface area contributed by atoms with Gasteiger partial charge in [-0.1, -0.05) is 28.1 Å². The Kier molecular flexibility index (Phi) is 7.95. The van der Waals surface area contributed by atoms with Gasteiger partial charge < -0.3 is 14.8 Å². The van der Waals surface area contributed by atoms with E-state index in [1.165, 1.54) is 11.3 Å². The van der Waals surface area contributed by atoms with Gasteiger partial charge in [0.1, 0.15) is 0 Å². The van der Waals surface area contributed by atoms with Gasteiger partial charge in [-0.25, -0.2) is 0 Å². The zero-order valence-corrected chi connectivity index (χ0v) is 17.0. The lowest BCUT2D eigenvalue weighted by molar-refractivity contribution is 0.461. The van der Waals surface area contributed by atoms with Crippen molar-refractivity contribution in [3.05, 3.63) is 58.3 Å². The van der Waals surface area contributed by atoms with Crippen LogP contribution in [0.4, 0.5) is 0 Å². The molecule has 0 spiro atoms. The van der Waals surface area contributed by atoms with Crippen LogP contribution in [0.2, 0.25) is 0 Å². The summed E-state index contributed by atoms with van der Waals surface area (Å²) in [7, 11) is 5.91. The predicted octanol–water partition coefficient (Wildman–Crippen LogP) is 3.61. The standard InChI is InChI=1S/C16H21BrN4.HI/c1-18-16(19-11-13-6-4-7-14(17)10-13)21(3)12-15-8-5-9-20(15)2;/h4-10H,11-12H2,1-3H3,(H,18,19);1H. The van der Waals surface area contributed by atoms with Crippen LogP contribution < -0.4 is 5.32 Å². The highest BCUT2D eigenvalue weighted by molar-refractivity contribution is 14.0. The maximum Gasteiger partial charge on any atom is 0.194 e. The molecule has 0 fully saturated rings. The molecule has 1 N–H and O–H groups in total. The molecule has 0 saturated carbocycles. The molecule has 0 saturated heterocycles. The molecule has 0 aliphatic heterocycles. The van der Waals surface area contributed by atoms with E-state index in [0.29, 0.717) is 0 Å². The quantitative estimate of drug-likeness (QED) is 0.415. The van der Waals surface area contributed by atoms with Crippen molar-refractivity contribution in [1.82, 2.24) is 14.8 Å². The third kappa shape index (κ3) is 5.31. The van der Waals surface area contributed by atoms with Gasteiger partial charge in [0.2, 0.25) is 0 Å². The fraction of sp³-hybridized carbons (Fsp3) is 0.312. The molecule has 1 aromatic heterocycles. The molecule has 1 aromatic carbocycles. The van der Waals surface area contributed by atoms with Crippen molar-refractivity contribution in [2.45, 2.75) is 13.1 Å². The number of rotatable bonds is 4. The number of aryl methyl sites for hydroxylation is 1. The Balaban J connectivity index is 0.00000242. The molecule has 0 radical (unpaired) electrons. The largest absolute Gasteiger partial charge is 0.353 e. The van der Waals surface area contributed by atoms with E-state index < -0.39 is 0 Å². The second-order valence-corrected chi connectivity index (χ2v) is 5.91. The van der Waals surface area contributed by atoms with Crippen molar-refractivity contribution in [3.8, 4) is 0 Å². The first-order valence-corrected chi connectivity index (χ1v) is 7.66. The van der Waals surface area contributed by atoms with Gasteiger partial charge >= 0.3 is 0 Å². The number of hydrogen-bond donors (Lipinski definition) is 1. The van der Waals surface area contributed by atoms with E-state index in [9.17, 15) is 0 Å². The van der Waals surface area contributed by atoms with Crippen LogP contribution in [0.15, 0.2) is 52.1 Å². The van der Waals surface area contributed by atoms with Crippen molar-refractivity contribution in [2.75, 3.05) is 14.1 Å². The zero-order valence-electron chi connectivity index (χ0n) is 13.1. The molecule has 0 aliphatic rings. The minimum absolute atomic E-state index is 0. The van der Waals surface area contributed by atoms with Gasteiger partial charge in [0, 0.05) is 44.1 Å². The molecule has 22 heavy (non-hydrogen) atoms. The molecular weight excluding hydrogens is 455 g/mol. The van der Waals surface area contributed by atoms with E-state index in [0.717, 1.165) is 23.5 Å². The summed E-state index contributed by atoms with van der Waals surface area (Å²) in [6, 6.07) is 12.5. The first-order chi connectivity index (χ1) is 10.1. The van der Waals surface area contributed by atoms with Crippen molar-refractivity contribution in [1.29, 1.82) is 0 Å². The highest BCUT2D eigenvalue weighted by Crippen LogP contribution is 2.11. The van der Waals surface area contributed by atoms with Crippen LogP contribution in [0.3, 0.4) is 0 Å². The first kappa shape index (κ1) is 19.0.